The Morgan fingerprint density at radius 3 is 2.44 bits per heavy atom. The molecule has 2 unspecified atom stereocenters. The van der Waals surface area contributed by atoms with Crippen LogP contribution in [0.3, 0.4) is 0 Å². The van der Waals surface area contributed by atoms with Crippen LogP contribution in [-0.4, -0.2) is 20.2 Å². The van der Waals surface area contributed by atoms with Gasteiger partial charge >= 0.3 is 0 Å². The van der Waals surface area contributed by atoms with Gasteiger partial charge in [-0.1, -0.05) is 37.3 Å². The van der Waals surface area contributed by atoms with E-state index < -0.39 is 10.0 Å². The molecule has 0 aliphatic heterocycles. The van der Waals surface area contributed by atoms with Crippen molar-refractivity contribution in [2.75, 3.05) is 5.75 Å². The summed E-state index contributed by atoms with van der Waals surface area (Å²) in [6, 6.07) is 11.1. The lowest BCUT2D eigenvalue weighted by molar-refractivity contribution is 0.558. The largest absolute Gasteiger partial charge is 0.212 e. The molecule has 0 fully saturated rings. The van der Waals surface area contributed by atoms with Gasteiger partial charge in [0, 0.05) is 6.04 Å². The highest BCUT2D eigenvalue weighted by Gasteiger charge is 2.19. The van der Waals surface area contributed by atoms with E-state index in [1.165, 1.54) is 0 Å². The van der Waals surface area contributed by atoms with Gasteiger partial charge in [0.15, 0.2) is 0 Å². The number of rotatable bonds is 6. The highest BCUT2D eigenvalue weighted by molar-refractivity contribution is 7.89. The van der Waals surface area contributed by atoms with E-state index in [4.69, 9.17) is 5.26 Å². The number of nitrogens with one attached hydrogen (secondary N) is 1. The van der Waals surface area contributed by atoms with Gasteiger partial charge in [0.1, 0.15) is 0 Å². The van der Waals surface area contributed by atoms with E-state index >= 15 is 0 Å². The Balaban J connectivity index is 2.64. The molecule has 0 radical (unpaired) electrons. The zero-order valence-corrected chi connectivity index (χ0v) is 11.4. The molecule has 0 saturated carbocycles. The second kappa shape index (κ2) is 6.53. The van der Waals surface area contributed by atoms with E-state index in [1.807, 2.05) is 43.3 Å². The topological polar surface area (TPSA) is 70.0 Å². The second-order valence-corrected chi connectivity index (χ2v) is 6.27. The summed E-state index contributed by atoms with van der Waals surface area (Å²) >= 11 is 0. The summed E-state index contributed by atoms with van der Waals surface area (Å²) in [5.74, 6) is -0.0368. The van der Waals surface area contributed by atoms with Gasteiger partial charge in [0.2, 0.25) is 10.0 Å². The van der Waals surface area contributed by atoms with Crippen LogP contribution in [0.1, 0.15) is 31.7 Å². The van der Waals surface area contributed by atoms with Gasteiger partial charge in [0.25, 0.3) is 0 Å². The van der Waals surface area contributed by atoms with Gasteiger partial charge in [0.05, 0.1) is 18.2 Å². The molecule has 5 heteroatoms. The average molecular weight is 266 g/mol. The van der Waals surface area contributed by atoms with Crippen molar-refractivity contribution < 1.29 is 8.42 Å². The quantitative estimate of drug-likeness (QED) is 0.856. The van der Waals surface area contributed by atoms with Crippen LogP contribution in [0.2, 0.25) is 0 Å². The van der Waals surface area contributed by atoms with Gasteiger partial charge in [-0.05, 0) is 18.4 Å². The Labute approximate surface area is 109 Å². The van der Waals surface area contributed by atoms with Crippen LogP contribution < -0.4 is 4.72 Å². The average Bonchev–Trinajstić information content (AvgIpc) is 2.29. The zero-order chi connectivity index (χ0) is 13.6. The van der Waals surface area contributed by atoms with Crippen molar-refractivity contribution >= 4 is 10.0 Å². The van der Waals surface area contributed by atoms with Gasteiger partial charge in [-0.2, -0.15) is 5.26 Å². The predicted molar refractivity (Wildman–Crippen MR) is 71.5 cm³/mol. The fraction of sp³-hybridized carbons (Fsp3) is 0.462. The molecule has 0 saturated heterocycles. The van der Waals surface area contributed by atoms with Crippen LogP contribution in [0, 0.1) is 11.3 Å². The van der Waals surface area contributed by atoms with E-state index in [-0.39, 0.29) is 24.1 Å². The first-order valence-electron chi connectivity index (χ1n) is 5.86. The molecule has 98 valence electrons. The lowest BCUT2D eigenvalue weighted by atomic mass is 10.0. The van der Waals surface area contributed by atoms with E-state index in [0.29, 0.717) is 0 Å². The summed E-state index contributed by atoms with van der Waals surface area (Å²) in [6.07, 6.45) is 0.180. The van der Waals surface area contributed by atoms with Crippen LogP contribution in [0.4, 0.5) is 0 Å². The maximum Gasteiger partial charge on any atom is 0.212 e. The Kier molecular flexibility index (Phi) is 5.32. The van der Waals surface area contributed by atoms with E-state index in [1.54, 1.807) is 6.92 Å². The fourth-order valence-electron chi connectivity index (χ4n) is 1.74. The number of benzene rings is 1. The van der Waals surface area contributed by atoms with Crippen molar-refractivity contribution in [3.63, 3.8) is 0 Å². The van der Waals surface area contributed by atoms with Crippen molar-refractivity contribution in [2.24, 2.45) is 0 Å². The Morgan fingerprint density at radius 2 is 1.89 bits per heavy atom. The van der Waals surface area contributed by atoms with E-state index in [9.17, 15) is 8.42 Å². The van der Waals surface area contributed by atoms with Gasteiger partial charge in [-0.25, -0.2) is 13.1 Å². The zero-order valence-electron chi connectivity index (χ0n) is 10.6. The minimum absolute atomic E-state index is 0.0345. The molecule has 0 aliphatic rings. The van der Waals surface area contributed by atoms with Gasteiger partial charge < -0.3 is 0 Å². The maximum absolute atomic E-state index is 11.9. The highest BCUT2D eigenvalue weighted by Crippen LogP contribution is 2.16. The normalized spacial score (nSPS) is 14.7. The third-order valence-corrected chi connectivity index (χ3v) is 4.32. The number of hydrogen-bond acceptors (Lipinski definition) is 3. The van der Waals surface area contributed by atoms with Gasteiger partial charge in [-0.15, -0.1) is 0 Å². The van der Waals surface area contributed by atoms with Crippen LogP contribution in [-0.2, 0) is 10.0 Å². The first-order chi connectivity index (χ1) is 8.44. The summed E-state index contributed by atoms with van der Waals surface area (Å²) < 4.78 is 26.3. The molecule has 1 aromatic carbocycles. The molecule has 1 aromatic rings. The Morgan fingerprint density at radius 1 is 1.28 bits per heavy atom. The van der Waals surface area contributed by atoms with Crippen molar-refractivity contribution in [1.82, 2.24) is 4.72 Å². The molecule has 0 aliphatic carbocycles. The highest BCUT2D eigenvalue weighted by atomic mass is 32.2. The molecule has 1 rings (SSSR count). The monoisotopic (exact) mass is 266 g/mol. The SMILES string of the molecule is CC(CC#N)NS(=O)(=O)CC(C)c1ccccc1. The predicted octanol–water partition coefficient (Wildman–Crippen LogP) is 2.01. The number of nitrogens with zero attached hydrogens (tertiary/aromatic N) is 1. The molecule has 0 amide bonds. The van der Waals surface area contributed by atoms with Crippen molar-refractivity contribution in [3.8, 4) is 6.07 Å². The van der Waals surface area contributed by atoms with Crippen LogP contribution >= 0.6 is 0 Å². The van der Waals surface area contributed by atoms with Crippen molar-refractivity contribution in [3.05, 3.63) is 35.9 Å². The first kappa shape index (κ1) is 14.7. The minimum atomic E-state index is -3.35. The first-order valence-corrected chi connectivity index (χ1v) is 7.51. The summed E-state index contributed by atoms with van der Waals surface area (Å²) in [4.78, 5) is 0. The third-order valence-electron chi connectivity index (χ3n) is 2.62. The lowest BCUT2D eigenvalue weighted by Crippen LogP contribution is -2.35. The summed E-state index contributed by atoms with van der Waals surface area (Å²) in [5.41, 5.74) is 0.996. The summed E-state index contributed by atoms with van der Waals surface area (Å²) in [5, 5.41) is 8.51. The van der Waals surface area contributed by atoms with Crippen LogP contribution in [0.5, 0.6) is 0 Å². The number of nitriles is 1. The van der Waals surface area contributed by atoms with Crippen LogP contribution in [0.15, 0.2) is 30.3 Å². The molecule has 0 spiro atoms. The summed E-state index contributed by atoms with van der Waals surface area (Å²) in [6.45, 7) is 3.57. The standard InChI is InChI=1S/C13H18N2O2S/c1-11(13-6-4-3-5-7-13)10-18(16,17)15-12(2)8-9-14/h3-7,11-12,15H,8,10H2,1-2H3. The van der Waals surface area contributed by atoms with E-state index in [0.717, 1.165) is 5.56 Å². The second-order valence-electron chi connectivity index (χ2n) is 4.47. The Bertz CT molecular complexity index is 506. The molecule has 1 N–H and O–H groups in total. The third kappa shape index (κ3) is 4.86. The van der Waals surface area contributed by atoms with E-state index in [2.05, 4.69) is 4.72 Å². The molecule has 0 aromatic heterocycles. The molecule has 0 heterocycles. The maximum atomic E-state index is 11.9. The van der Waals surface area contributed by atoms with Crippen molar-refractivity contribution in [1.29, 1.82) is 5.26 Å². The fourth-order valence-corrected chi connectivity index (χ4v) is 3.38. The van der Waals surface area contributed by atoms with Crippen LogP contribution in [0.25, 0.3) is 0 Å². The number of sulfonamides is 1. The molecular weight excluding hydrogens is 248 g/mol. The van der Waals surface area contributed by atoms with Crippen molar-refractivity contribution in [2.45, 2.75) is 32.2 Å². The smallest absolute Gasteiger partial charge is 0.212 e. The lowest BCUT2D eigenvalue weighted by Gasteiger charge is -2.15. The molecule has 18 heavy (non-hydrogen) atoms. The molecular formula is C13H18N2O2S. The van der Waals surface area contributed by atoms with Gasteiger partial charge in [-0.3, -0.25) is 0 Å². The summed E-state index contributed by atoms with van der Waals surface area (Å²) in [7, 11) is -3.35. The number of hydrogen-bond donors (Lipinski definition) is 1. The molecule has 0 bridgehead atoms. The minimum Gasteiger partial charge on any atom is -0.212 e. The Hall–Kier alpha value is -1.38. The molecule has 2 atom stereocenters. The molecule has 4 nitrogen and oxygen atoms in total.